The maximum absolute atomic E-state index is 12.1. The second-order valence-corrected chi connectivity index (χ2v) is 4.92. The van der Waals surface area contributed by atoms with Crippen LogP contribution in [0.1, 0.15) is 5.56 Å². The average Bonchev–Trinajstić information content (AvgIpc) is 2.90. The number of rotatable bonds is 1. The molecule has 4 rings (SSSR count). The second kappa shape index (κ2) is 4.28. The van der Waals surface area contributed by atoms with E-state index in [1.807, 2.05) is 31.2 Å². The highest BCUT2D eigenvalue weighted by molar-refractivity contribution is 5.80. The fourth-order valence-corrected chi connectivity index (χ4v) is 2.33. The number of nitrogens with one attached hydrogen (secondary N) is 1. The van der Waals surface area contributed by atoms with Crippen LogP contribution in [0.2, 0.25) is 0 Å². The molecule has 0 bridgehead atoms. The average molecular weight is 277 g/mol. The first-order chi connectivity index (χ1) is 10.2. The van der Waals surface area contributed by atoms with Crippen LogP contribution in [0.3, 0.4) is 0 Å². The lowest BCUT2D eigenvalue weighted by atomic mass is 10.2. The molecule has 2 aromatic heterocycles. The molecule has 0 unspecified atom stereocenters. The molecular formula is C16H11N3O2. The molecule has 0 saturated carbocycles. The first-order valence-electron chi connectivity index (χ1n) is 6.57. The van der Waals surface area contributed by atoms with E-state index in [1.54, 1.807) is 18.2 Å². The number of benzene rings is 2. The number of nitrogens with zero attached hydrogens (tertiary/aromatic N) is 2. The number of aromatic nitrogens is 3. The van der Waals surface area contributed by atoms with Gasteiger partial charge in [-0.2, -0.15) is 0 Å². The standard InChI is InChI=1S/C16H11N3O2/c1-9-6-7-13-12(8-9)18-16(21-13)14-17-11-5-3-2-4-10(11)15(20)19-14/h2-8H,1H3,(H,17,19,20). The van der Waals surface area contributed by atoms with Gasteiger partial charge in [0.25, 0.3) is 11.4 Å². The molecule has 2 heterocycles. The van der Waals surface area contributed by atoms with Crippen LogP contribution in [0.5, 0.6) is 0 Å². The number of para-hydroxylation sites is 1. The number of H-pyrrole nitrogens is 1. The van der Waals surface area contributed by atoms with Gasteiger partial charge in [0, 0.05) is 0 Å². The van der Waals surface area contributed by atoms with Crippen LogP contribution in [0.15, 0.2) is 51.7 Å². The van der Waals surface area contributed by atoms with E-state index in [1.165, 1.54) is 0 Å². The Bertz CT molecular complexity index is 1030. The highest BCUT2D eigenvalue weighted by atomic mass is 16.3. The van der Waals surface area contributed by atoms with E-state index in [4.69, 9.17) is 4.42 Å². The summed E-state index contributed by atoms with van der Waals surface area (Å²) in [5.74, 6) is 0.658. The number of oxazole rings is 1. The third kappa shape index (κ3) is 1.90. The van der Waals surface area contributed by atoms with Crippen molar-refractivity contribution in [3.63, 3.8) is 0 Å². The fraction of sp³-hybridized carbons (Fsp3) is 0.0625. The van der Waals surface area contributed by atoms with Gasteiger partial charge in [0.15, 0.2) is 11.4 Å². The van der Waals surface area contributed by atoms with Gasteiger partial charge in [0.1, 0.15) is 5.52 Å². The van der Waals surface area contributed by atoms with Crippen molar-refractivity contribution in [2.24, 2.45) is 0 Å². The molecule has 0 aliphatic heterocycles. The Balaban J connectivity index is 1.97. The fourth-order valence-electron chi connectivity index (χ4n) is 2.33. The van der Waals surface area contributed by atoms with E-state index < -0.39 is 0 Å². The normalized spacial score (nSPS) is 11.3. The molecule has 0 atom stereocenters. The largest absolute Gasteiger partial charge is 0.434 e. The van der Waals surface area contributed by atoms with E-state index in [9.17, 15) is 4.79 Å². The van der Waals surface area contributed by atoms with Gasteiger partial charge in [-0.3, -0.25) is 4.79 Å². The number of hydrogen-bond donors (Lipinski definition) is 1. The van der Waals surface area contributed by atoms with Crippen molar-refractivity contribution in [3.05, 3.63) is 58.4 Å². The lowest BCUT2D eigenvalue weighted by molar-refractivity contribution is 0.613. The van der Waals surface area contributed by atoms with Crippen LogP contribution in [0.25, 0.3) is 33.7 Å². The lowest BCUT2D eigenvalue weighted by Crippen LogP contribution is -2.09. The first kappa shape index (κ1) is 11.8. The Morgan fingerprint density at radius 2 is 1.90 bits per heavy atom. The molecule has 0 spiro atoms. The van der Waals surface area contributed by atoms with Gasteiger partial charge in [0.2, 0.25) is 0 Å². The molecule has 0 saturated heterocycles. The van der Waals surface area contributed by atoms with Crippen molar-refractivity contribution in [2.75, 3.05) is 0 Å². The highest BCUT2D eigenvalue weighted by Gasteiger charge is 2.12. The second-order valence-electron chi connectivity index (χ2n) is 4.92. The summed E-state index contributed by atoms with van der Waals surface area (Å²) in [6.07, 6.45) is 0. The predicted octanol–water partition coefficient (Wildman–Crippen LogP) is 3.04. The van der Waals surface area contributed by atoms with Crippen LogP contribution >= 0.6 is 0 Å². The van der Waals surface area contributed by atoms with Crippen molar-refractivity contribution in [1.82, 2.24) is 15.0 Å². The van der Waals surface area contributed by atoms with Gasteiger partial charge >= 0.3 is 0 Å². The summed E-state index contributed by atoms with van der Waals surface area (Å²) in [4.78, 5) is 23.6. The Morgan fingerprint density at radius 1 is 1.05 bits per heavy atom. The van der Waals surface area contributed by atoms with Gasteiger partial charge in [-0.05, 0) is 36.8 Å². The number of aryl methyl sites for hydroxylation is 1. The highest BCUT2D eigenvalue weighted by Crippen LogP contribution is 2.22. The van der Waals surface area contributed by atoms with Crippen LogP contribution in [0.4, 0.5) is 0 Å². The molecule has 0 amide bonds. The Morgan fingerprint density at radius 3 is 2.81 bits per heavy atom. The van der Waals surface area contributed by atoms with E-state index in [-0.39, 0.29) is 5.56 Å². The van der Waals surface area contributed by atoms with Gasteiger partial charge in [-0.15, -0.1) is 0 Å². The molecule has 0 aliphatic rings. The van der Waals surface area contributed by atoms with Crippen LogP contribution in [-0.4, -0.2) is 15.0 Å². The van der Waals surface area contributed by atoms with Gasteiger partial charge in [0.05, 0.1) is 10.9 Å². The molecule has 5 nitrogen and oxygen atoms in total. The molecule has 1 N–H and O–H groups in total. The van der Waals surface area contributed by atoms with E-state index >= 15 is 0 Å². The third-order valence-corrected chi connectivity index (χ3v) is 3.36. The topological polar surface area (TPSA) is 71.8 Å². The molecule has 102 valence electrons. The van der Waals surface area contributed by atoms with Crippen LogP contribution < -0.4 is 5.56 Å². The van der Waals surface area contributed by atoms with Crippen molar-refractivity contribution in [2.45, 2.75) is 6.92 Å². The van der Waals surface area contributed by atoms with Gasteiger partial charge < -0.3 is 9.40 Å². The zero-order valence-electron chi connectivity index (χ0n) is 11.3. The van der Waals surface area contributed by atoms with Gasteiger partial charge in [-0.25, -0.2) is 9.97 Å². The summed E-state index contributed by atoms with van der Waals surface area (Å²) < 4.78 is 5.67. The smallest absolute Gasteiger partial charge is 0.264 e. The minimum atomic E-state index is -0.200. The summed E-state index contributed by atoms with van der Waals surface area (Å²) in [6, 6.07) is 12.9. The molecular weight excluding hydrogens is 266 g/mol. The molecule has 0 aliphatic carbocycles. The summed E-state index contributed by atoms with van der Waals surface area (Å²) in [6.45, 7) is 1.99. The van der Waals surface area contributed by atoms with Gasteiger partial charge in [-0.1, -0.05) is 18.2 Å². The summed E-state index contributed by atoms with van der Waals surface area (Å²) in [5.41, 5.74) is 2.94. The van der Waals surface area contributed by atoms with Crippen molar-refractivity contribution >= 4 is 22.0 Å². The minimum absolute atomic E-state index is 0.200. The maximum atomic E-state index is 12.1. The number of aromatic amines is 1. The van der Waals surface area contributed by atoms with E-state index in [2.05, 4.69) is 15.0 Å². The van der Waals surface area contributed by atoms with Crippen LogP contribution in [0, 0.1) is 6.92 Å². The Hall–Kier alpha value is -2.95. The Kier molecular flexibility index (Phi) is 2.41. The number of fused-ring (bicyclic) bond motifs is 2. The van der Waals surface area contributed by atoms with E-state index in [0.717, 1.165) is 11.1 Å². The third-order valence-electron chi connectivity index (χ3n) is 3.36. The molecule has 2 aromatic carbocycles. The molecule has 5 heteroatoms. The minimum Gasteiger partial charge on any atom is -0.434 e. The van der Waals surface area contributed by atoms with Crippen molar-refractivity contribution in [3.8, 4) is 11.7 Å². The Labute approximate surface area is 119 Å². The summed E-state index contributed by atoms with van der Waals surface area (Å²) in [5, 5.41) is 0.549. The molecule has 0 fully saturated rings. The van der Waals surface area contributed by atoms with E-state index in [0.29, 0.717) is 28.2 Å². The van der Waals surface area contributed by atoms with Crippen LogP contribution in [-0.2, 0) is 0 Å². The summed E-state index contributed by atoms with van der Waals surface area (Å²) >= 11 is 0. The quantitative estimate of drug-likeness (QED) is 0.580. The monoisotopic (exact) mass is 277 g/mol. The maximum Gasteiger partial charge on any atom is 0.264 e. The van der Waals surface area contributed by atoms with Crippen molar-refractivity contribution < 1.29 is 4.42 Å². The predicted molar refractivity (Wildman–Crippen MR) is 80.1 cm³/mol. The summed E-state index contributed by atoms with van der Waals surface area (Å²) in [7, 11) is 0. The zero-order chi connectivity index (χ0) is 14.4. The SMILES string of the molecule is Cc1ccc2oc(-c3nc4ccccc4c(=O)[nH]3)nc2c1. The first-order valence-corrected chi connectivity index (χ1v) is 6.57. The molecule has 4 aromatic rings. The lowest BCUT2D eigenvalue weighted by Gasteiger charge is -1.98. The molecule has 0 radical (unpaired) electrons. The number of hydrogen-bond acceptors (Lipinski definition) is 4. The molecule has 21 heavy (non-hydrogen) atoms. The zero-order valence-corrected chi connectivity index (χ0v) is 11.3. The van der Waals surface area contributed by atoms with Crippen molar-refractivity contribution in [1.29, 1.82) is 0 Å².